The summed E-state index contributed by atoms with van der Waals surface area (Å²) in [5.41, 5.74) is 0.260. The Bertz CT molecular complexity index is 811. The molecule has 0 bridgehead atoms. The number of rotatable bonds is 1. The van der Waals surface area contributed by atoms with Gasteiger partial charge in [-0.25, -0.2) is 9.78 Å². The van der Waals surface area contributed by atoms with Gasteiger partial charge in [0.15, 0.2) is 0 Å². The third kappa shape index (κ3) is 4.14. The van der Waals surface area contributed by atoms with E-state index in [1.165, 1.54) is 0 Å². The maximum atomic E-state index is 12.2. The quantitative estimate of drug-likeness (QED) is 0.319. The van der Waals surface area contributed by atoms with E-state index in [2.05, 4.69) is 37.1 Å². The second kappa shape index (κ2) is 7.08. The van der Waals surface area contributed by atoms with Gasteiger partial charge in [-0.15, -0.1) is 0 Å². The van der Waals surface area contributed by atoms with Crippen molar-refractivity contribution in [3.05, 3.63) is 20.2 Å². The molecule has 1 aliphatic heterocycles. The lowest BCUT2D eigenvalue weighted by Crippen LogP contribution is -2.42. The summed E-state index contributed by atoms with van der Waals surface area (Å²) < 4.78 is 8.54. The number of hydrogen-bond acceptors (Lipinski definition) is 4. The fourth-order valence-corrected chi connectivity index (χ4v) is 4.40. The molecule has 1 aliphatic rings. The molecular formula is C16H19Cl2IN4O2. The molecule has 0 N–H and O–H groups in total. The van der Waals surface area contributed by atoms with Gasteiger partial charge in [0.05, 0.1) is 5.39 Å². The van der Waals surface area contributed by atoms with Crippen molar-refractivity contribution in [2.45, 2.75) is 45.3 Å². The van der Waals surface area contributed by atoms with Crippen LogP contribution in [0.5, 0.6) is 0 Å². The number of piperidine rings is 1. The summed E-state index contributed by atoms with van der Waals surface area (Å²) in [6.07, 6.45) is 3.40. The summed E-state index contributed by atoms with van der Waals surface area (Å²) in [5, 5.41) is 1.32. The zero-order chi connectivity index (χ0) is 18.4. The number of halogens is 3. The SMILES string of the molecule is CC(C)(C)OC(=O)N1CCC(n2cc(I)c3c(Cl)nc(Cl)nc32)CC1. The molecule has 2 aromatic heterocycles. The maximum Gasteiger partial charge on any atom is 0.410 e. The lowest BCUT2D eigenvalue weighted by atomic mass is 10.1. The maximum absolute atomic E-state index is 12.2. The van der Waals surface area contributed by atoms with Gasteiger partial charge >= 0.3 is 6.09 Å². The minimum atomic E-state index is -0.481. The Kier molecular flexibility index (Phi) is 5.37. The van der Waals surface area contributed by atoms with E-state index in [1.54, 1.807) is 4.90 Å². The first-order valence-corrected chi connectivity index (χ1v) is 9.86. The molecule has 6 nitrogen and oxygen atoms in total. The topological polar surface area (TPSA) is 60.2 Å². The number of carbonyl (C=O) groups excluding carboxylic acids is 1. The highest BCUT2D eigenvalue weighted by molar-refractivity contribution is 14.1. The molecule has 1 amide bonds. The molecule has 1 fully saturated rings. The molecule has 0 atom stereocenters. The first-order valence-electron chi connectivity index (χ1n) is 8.02. The molecule has 1 saturated heterocycles. The van der Waals surface area contributed by atoms with Crippen molar-refractivity contribution in [1.29, 1.82) is 0 Å². The number of aromatic nitrogens is 3. The van der Waals surface area contributed by atoms with Crippen molar-refractivity contribution < 1.29 is 9.53 Å². The minimum absolute atomic E-state index is 0.138. The largest absolute Gasteiger partial charge is 0.444 e. The van der Waals surface area contributed by atoms with Crippen molar-refractivity contribution >= 4 is 62.9 Å². The molecule has 3 heterocycles. The van der Waals surface area contributed by atoms with E-state index in [0.29, 0.717) is 18.2 Å². The third-order valence-corrected chi connectivity index (χ3v) is 5.32. The van der Waals surface area contributed by atoms with Gasteiger partial charge in [0, 0.05) is 28.9 Å². The normalized spacial score (nSPS) is 16.5. The van der Waals surface area contributed by atoms with Gasteiger partial charge < -0.3 is 14.2 Å². The van der Waals surface area contributed by atoms with Crippen LogP contribution in [0.25, 0.3) is 11.0 Å². The van der Waals surface area contributed by atoms with Crippen LogP contribution >= 0.6 is 45.8 Å². The van der Waals surface area contributed by atoms with Crippen LogP contribution < -0.4 is 0 Å². The molecule has 0 aliphatic carbocycles. The van der Waals surface area contributed by atoms with Crippen molar-refractivity contribution in [1.82, 2.24) is 19.4 Å². The lowest BCUT2D eigenvalue weighted by molar-refractivity contribution is 0.0189. The number of nitrogens with zero attached hydrogens (tertiary/aromatic N) is 4. The van der Waals surface area contributed by atoms with Gasteiger partial charge in [0.25, 0.3) is 0 Å². The molecule has 0 spiro atoms. The summed E-state index contributed by atoms with van der Waals surface area (Å²) in [6, 6.07) is 0.228. The summed E-state index contributed by atoms with van der Waals surface area (Å²) in [5.74, 6) is 0. The smallest absolute Gasteiger partial charge is 0.410 e. The van der Waals surface area contributed by atoms with Crippen LogP contribution in [0.4, 0.5) is 4.79 Å². The number of likely N-dealkylation sites (tertiary alicyclic amines) is 1. The zero-order valence-corrected chi connectivity index (χ0v) is 17.9. The molecule has 0 radical (unpaired) electrons. The van der Waals surface area contributed by atoms with Crippen molar-refractivity contribution in [3.8, 4) is 0 Å². The Balaban J connectivity index is 1.78. The third-order valence-electron chi connectivity index (χ3n) is 4.06. The second-order valence-electron chi connectivity index (χ2n) is 7.06. The first-order chi connectivity index (χ1) is 11.7. The van der Waals surface area contributed by atoms with E-state index in [1.807, 2.05) is 27.0 Å². The molecule has 136 valence electrons. The number of ether oxygens (including phenoxy) is 1. The summed E-state index contributed by atoms with van der Waals surface area (Å²) in [4.78, 5) is 22.3. The van der Waals surface area contributed by atoms with Gasteiger partial charge in [0.2, 0.25) is 5.28 Å². The molecule has 0 aromatic carbocycles. The van der Waals surface area contributed by atoms with Crippen molar-refractivity contribution in [3.63, 3.8) is 0 Å². The summed E-state index contributed by atoms with van der Waals surface area (Å²) in [7, 11) is 0. The Hall–Kier alpha value is -0.800. The summed E-state index contributed by atoms with van der Waals surface area (Å²) >= 11 is 14.4. The van der Waals surface area contributed by atoms with E-state index in [-0.39, 0.29) is 17.4 Å². The Labute approximate surface area is 170 Å². The molecule has 3 rings (SSSR count). The molecule has 9 heteroatoms. The van der Waals surface area contributed by atoms with Crippen LogP contribution in [0.1, 0.15) is 39.7 Å². The monoisotopic (exact) mass is 496 g/mol. The number of amides is 1. The minimum Gasteiger partial charge on any atom is -0.444 e. The number of hydrogen-bond donors (Lipinski definition) is 0. The lowest BCUT2D eigenvalue weighted by Gasteiger charge is -2.34. The van der Waals surface area contributed by atoms with Crippen LogP contribution in [-0.2, 0) is 4.74 Å². The van der Waals surface area contributed by atoms with E-state index in [4.69, 9.17) is 27.9 Å². The Morgan fingerprint density at radius 1 is 1.28 bits per heavy atom. The van der Waals surface area contributed by atoms with Crippen LogP contribution in [0.15, 0.2) is 6.20 Å². The molecule has 25 heavy (non-hydrogen) atoms. The molecule has 2 aromatic rings. The van der Waals surface area contributed by atoms with Gasteiger partial charge in [-0.1, -0.05) is 11.6 Å². The predicted octanol–water partition coefficient (Wildman–Crippen LogP) is 4.91. The van der Waals surface area contributed by atoms with E-state index >= 15 is 0 Å². The average Bonchev–Trinajstić information content (AvgIpc) is 2.82. The summed E-state index contributed by atoms with van der Waals surface area (Å²) in [6.45, 7) is 6.90. The first kappa shape index (κ1) is 19.0. The van der Waals surface area contributed by atoms with Gasteiger partial charge in [-0.2, -0.15) is 4.98 Å². The van der Waals surface area contributed by atoms with Crippen LogP contribution in [0.3, 0.4) is 0 Å². The second-order valence-corrected chi connectivity index (χ2v) is 8.92. The van der Waals surface area contributed by atoms with Gasteiger partial charge in [-0.3, -0.25) is 0 Å². The van der Waals surface area contributed by atoms with E-state index in [0.717, 1.165) is 27.4 Å². The molecular weight excluding hydrogens is 478 g/mol. The Morgan fingerprint density at radius 2 is 1.92 bits per heavy atom. The van der Waals surface area contributed by atoms with Crippen LogP contribution in [0, 0.1) is 3.57 Å². The molecule has 0 saturated carbocycles. The standard InChI is InChI=1S/C16H19Cl2IN4O2/c1-16(2,3)25-15(24)22-6-4-9(5-7-22)23-8-10(19)11-12(17)20-14(18)21-13(11)23/h8-9H,4-7H2,1-3H3. The van der Waals surface area contributed by atoms with Crippen LogP contribution in [0.2, 0.25) is 10.4 Å². The zero-order valence-electron chi connectivity index (χ0n) is 14.2. The van der Waals surface area contributed by atoms with Gasteiger partial charge in [-0.05, 0) is 67.8 Å². The fourth-order valence-electron chi connectivity index (χ4n) is 2.97. The van der Waals surface area contributed by atoms with E-state index in [9.17, 15) is 4.79 Å². The highest BCUT2D eigenvalue weighted by Crippen LogP contribution is 2.33. The Morgan fingerprint density at radius 3 is 2.52 bits per heavy atom. The average molecular weight is 497 g/mol. The van der Waals surface area contributed by atoms with Crippen molar-refractivity contribution in [2.24, 2.45) is 0 Å². The predicted molar refractivity (Wildman–Crippen MR) is 106 cm³/mol. The van der Waals surface area contributed by atoms with Gasteiger partial charge in [0.1, 0.15) is 16.4 Å². The fraction of sp³-hybridized carbons (Fsp3) is 0.562. The van der Waals surface area contributed by atoms with Crippen molar-refractivity contribution in [2.75, 3.05) is 13.1 Å². The number of carbonyl (C=O) groups is 1. The number of fused-ring (bicyclic) bond motifs is 1. The highest BCUT2D eigenvalue weighted by atomic mass is 127. The van der Waals surface area contributed by atoms with Crippen LogP contribution in [-0.4, -0.2) is 44.2 Å². The highest BCUT2D eigenvalue weighted by Gasteiger charge is 2.29. The van der Waals surface area contributed by atoms with E-state index < -0.39 is 5.60 Å². The molecule has 0 unspecified atom stereocenters.